The number of rotatable bonds is 1. The smallest absolute Gasteiger partial charge is 0.127 e. The zero-order valence-corrected chi connectivity index (χ0v) is 7.27. The average Bonchev–Trinajstić information content (AvgIpc) is 2.87. The summed E-state index contributed by atoms with van der Waals surface area (Å²) in [4.78, 5) is 6.55. The van der Waals surface area contributed by atoms with E-state index in [-0.39, 0.29) is 0 Å². The van der Waals surface area contributed by atoms with Gasteiger partial charge in [-0.25, -0.2) is 10.8 Å². The van der Waals surface area contributed by atoms with Crippen LogP contribution >= 0.6 is 0 Å². The lowest BCUT2D eigenvalue weighted by molar-refractivity contribution is 0.392. The first-order valence-electron chi connectivity index (χ1n) is 4.24. The Bertz CT molecular complexity index is 229. The molecular weight excluding hydrogens is 152 g/mol. The van der Waals surface area contributed by atoms with Crippen molar-refractivity contribution in [3.63, 3.8) is 0 Å². The SMILES string of the molecule is CN(C1=NCN(N)C=C1)C1CC1. The van der Waals surface area contributed by atoms with E-state index in [1.165, 1.54) is 12.8 Å². The number of likely N-dealkylation sites (N-methyl/N-ethyl adjacent to an activating group) is 1. The minimum atomic E-state index is 0.572. The Kier molecular flexibility index (Phi) is 1.77. The van der Waals surface area contributed by atoms with Crippen LogP contribution in [0.4, 0.5) is 0 Å². The summed E-state index contributed by atoms with van der Waals surface area (Å²) in [5.74, 6) is 6.56. The number of hydrazine groups is 1. The van der Waals surface area contributed by atoms with Crippen LogP contribution in [0.2, 0.25) is 0 Å². The van der Waals surface area contributed by atoms with Gasteiger partial charge in [0.05, 0.1) is 0 Å². The van der Waals surface area contributed by atoms with Crippen molar-refractivity contribution in [2.24, 2.45) is 10.8 Å². The highest BCUT2D eigenvalue weighted by atomic mass is 15.4. The van der Waals surface area contributed by atoms with Gasteiger partial charge in [0.25, 0.3) is 0 Å². The van der Waals surface area contributed by atoms with Gasteiger partial charge in [-0.3, -0.25) is 5.01 Å². The molecule has 12 heavy (non-hydrogen) atoms. The topological polar surface area (TPSA) is 44.9 Å². The van der Waals surface area contributed by atoms with Gasteiger partial charge in [-0.15, -0.1) is 0 Å². The third-order valence-corrected chi connectivity index (χ3v) is 2.27. The van der Waals surface area contributed by atoms with Crippen molar-refractivity contribution in [1.82, 2.24) is 9.91 Å². The molecule has 0 saturated heterocycles. The second-order valence-electron chi connectivity index (χ2n) is 3.33. The summed E-state index contributed by atoms with van der Waals surface area (Å²) in [5, 5.41) is 1.57. The van der Waals surface area contributed by atoms with Crippen LogP contribution in [0.1, 0.15) is 12.8 Å². The quantitative estimate of drug-likeness (QED) is 0.563. The Morgan fingerprint density at radius 2 is 2.42 bits per heavy atom. The molecule has 0 unspecified atom stereocenters. The molecule has 4 heteroatoms. The summed E-state index contributed by atoms with van der Waals surface area (Å²) in [5.41, 5.74) is 0. The summed E-state index contributed by atoms with van der Waals surface area (Å²) in [6.07, 6.45) is 6.43. The summed E-state index contributed by atoms with van der Waals surface area (Å²) in [7, 11) is 2.09. The average molecular weight is 166 g/mol. The lowest BCUT2D eigenvalue weighted by Crippen LogP contribution is -2.34. The standard InChI is InChI=1S/C8H14N4/c1-11(7-2-3-7)8-4-5-12(9)6-10-8/h4-5,7H,2-3,6,9H2,1H3. The fourth-order valence-corrected chi connectivity index (χ4v) is 1.29. The normalized spacial score (nSPS) is 22.5. The first kappa shape index (κ1) is 7.61. The molecule has 0 radical (unpaired) electrons. The van der Waals surface area contributed by atoms with Gasteiger partial charge in [-0.1, -0.05) is 0 Å². The maximum absolute atomic E-state index is 5.51. The van der Waals surface area contributed by atoms with Crippen molar-refractivity contribution in [3.05, 3.63) is 12.3 Å². The Morgan fingerprint density at radius 1 is 1.67 bits per heavy atom. The highest BCUT2D eigenvalue weighted by Crippen LogP contribution is 2.26. The van der Waals surface area contributed by atoms with Crippen LogP contribution < -0.4 is 5.84 Å². The zero-order chi connectivity index (χ0) is 8.55. The van der Waals surface area contributed by atoms with Crippen molar-refractivity contribution < 1.29 is 0 Å². The van der Waals surface area contributed by atoms with Gasteiger partial charge in [0.1, 0.15) is 12.5 Å². The lowest BCUT2D eigenvalue weighted by Gasteiger charge is -2.23. The molecule has 1 heterocycles. The van der Waals surface area contributed by atoms with E-state index >= 15 is 0 Å². The molecule has 0 bridgehead atoms. The van der Waals surface area contributed by atoms with E-state index in [4.69, 9.17) is 5.84 Å². The first-order valence-corrected chi connectivity index (χ1v) is 4.24. The second kappa shape index (κ2) is 2.79. The molecule has 1 aliphatic carbocycles. The van der Waals surface area contributed by atoms with Crippen molar-refractivity contribution in [1.29, 1.82) is 0 Å². The molecule has 2 N–H and O–H groups in total. The van der Waals surface area contributed by atoms with Crippen LogP contribution in [-0.2, 0) is 0 Å². The summed E-state index contributed by atoms with van der Waals surface area (Å²) >= 11 is 0. The Balaban J connectivity index is 1.99. The van der Waals surface area contributed by atoms with Crippen LogP contribution in [0.25, 0.3) is 0 Å². The van der Waals surface area contributed by atoms with Crippen LogP contribution in [0.15, 0.2) is 17.3 Å². The molecule has 0 aromatic heterocycles. The number of amidine groups is 1. The van der Waals surface area contributed by atoms with Crippen LogP contribution in [0, 0.1) is 0 Å². The maximum atomic E-state index is 5.51. The molecule has 0 aromatic carbocycles. The molecule has 4 nitrogen and oxygen atoms in total. The molecule has 2 aliphatic rings. The highest BCUT2D eigenvalue weighted by Gasteiger charge is 2.27. The van der Waals surface area contributed by atoms with E-state index in [9.17, 15) is 0 Å². The second-order valence-corrected chi connectivity index (χ2v) is 3.33. The monoisotopic (exact) mass is 166 g/mol. The van der Waals surface area contributed by atoms with E-state index in [1.807, 2.05) is 12.3 Å². The highest BCUT2D eigenvalue weighted by molar-refractivity contribution is 5.93. The Morgan fingerprint density at radius 3 is 2.92 bits per heavy atom. The van der Waals surface area contributed by atoms with Gasteiger partial charge in [-0.05, 0) is 18.9 Å². The molecule has 1 saturated carbocycles. The van der Waals surface area contributed by atoms with Crippen LogP contribution in [0.3, 0.4) is 0 Å². The molecule has 0 atom stereocenters. The van der Waals surface area contributed by atoms with Crippen molar-refractivity contribution >= 4 is 5.84 Å². The molecule has 66 valence electrons. The lowest BCUT2D eigenvalue weighted by atomic mass is 10.4. The summed E-state index contributed by atoms with van der Waals surface area (Å²) in [6.45, 7) is 0.572. The van der Waals surface area contributed by atoms with E-state index in [1.54, 1.807) is 5.01 Å². The molecule has 1 aliphatic heterocycles. The third kappa shape index (κ3) is 1.43. The zero-order valence-electron chi connectivity index (χ0n) is 7.27. The number of nitrogens with two attached hydrogens (primary N) is 1. The minimum absolute atomic E-state index is 0.572. The molecule has 0 amide bonds. The molecule has 0 spiro atoms. The first-order chi connectivity index (χ1) is 5.77. The molecule has 2 rings (SSSR count). The van der Waals surface area contributed by atoms with Gasteiger partial charge in [0.2, 0.25) is 0 Å². The largest absolute Gasteiger partial charge is 0.357 e. The van der Waals surface area contributed by atoms with Crippen molar-refractivity contribution in [2.75, 3.05) is 13.7 Å². The summed E-state index contributed by atoms with van der Waals surface area (Å²) < 4.78 is 0. The Labute approximate surface area is 72.3 Å². The van der Waals surface area contributed by atoms with E-state index in [0.717, 1.165) is 11.9 Å². The number of hydrogen-bond acceptors (Lipinski definition) is 4. The van der Waals surface area contributed by atoms with Crippen LogP contribution in [-0.4, -0.2) is 35.5 Å². The van der Waals surface area contributed by atoms with E-state index in [2.05, 4.69) is 16.9 Å². The minimum Gasteiger partial charge on any atom is -0.357 e. The van der Waals surface area contributed by atoms with Crippen molar-refractivity contribution in [2.45, 2.75) is 18.9 Å². The number of hydrogen-bond donors (Lipinski definition) is 1. The van der Waals surface area contributed by atoms with Gasteiger partial charge in [0, 0.05) is 19.3 Å². The summed E-state index contributed by atoms with van der Waals surface area (Å²) in [6, 6.07) is 0.720. The fraction of sp³-hybridized carbons (Fsp3) is 0.625. The van der Waals surface area contributed by atoms with E-state index in [0.29, 0.717) is 6.67 Å². The fourth-order valence-electron chi connectivity index (χ4n) is 1.29. The van der Waals surface area contributed by atoms with E-state index < -0.39 is 0 Å². The molecular formula is C8H14N4. The van der Waals surface area contributed by atoms with Gasteiger partial charge in [0.15, 0.2) is 0 Å². The number of aliphatic imine (C=N–C) groups is 1. The molecule has 1 fully saturated rings. The van der Waals surface area contributed by atoms with Gasteiger partial charge in [-0.2, -0.15) is 0 Å². The van der Waals surface area contributed by atoms with Gasteiger partial charge >= 0.3 is 0 Å². The predicted octanol–water partition coefficient (Wildman–Crippen LogP) is 0.140. The predicted molar refractivity (Wildman–Crippen MR) is 48.3 cm³/mol. The number of nitrogens with zero attached hydrogens (tertiary/aromatic N) is 3. The van der Waals surface area contributed by atoms with Crippen molar-refractivity contribution in [3.8, 4) is 0 Å². The maximum Gasteiger partial charge on any atom is 0.127 e. The molecule has 0 aromatic rings. The Hall–Kier alpha value is -1.03. The third-order valence-electron chi connectivity index (χ3n) is 2.27. The van der Waals surface area contributed by atoms with Crippen LogP contribution in [0.5, 0.6) is 0 Å². The van der Waals surface area contributed by atoms with Gasteiger partial charge < -0.3 is 4.90 Å².